The van der Waals surface area contributed by atoms with Gasteiger partial charge in [0.2, 0.25) is 5.43 Å². The van der Waals surface area contributed by atoms with Crippen molar-refractivity contribution in [3.63, 3.8) is 0 Å². The Morgan fingerprint density at radius 1 is 1.17 bits per heavy atom. The maximum atomic E-state index is 13.5. The van der Waals surface area contributed by atoms with E-state index in [1.807, 2.05) is 24.3 Å². The van der Waals surface area contributed by atoms with Gasteiger partial charge in [-0.3, -0.25) is 9.59 Å². The lowest BCUT2D eigenvalue weighted by molar-refractivity contribution is 0.0988. The lowest BCUT2D eigenvalue weighted by atomic mass is 10.1. The zero-order valence-electron chi connectivity index (χ0n) is 13.1. The maximum Gasteiger partial charge on any atom is 0.263 e. The Morgan fingerprint density at radius 2 is 1.96 bits per heavy atom. The van der Waals surface area contributed by atoms with Crippen molar-refractivity contribution in [2.75, 3.05) is 11.4 Å². The summed E-state index contributed by atoms with van der Waals surface area (Å²) in [6.07, 6.45) is 2.30. The SMILES string of the molecule is Cn1cc(C(=O)N2CCc3ccccc32)c(=O)c2cc(F)ccc21. The lowest BCUT2D eigenvalue weighted by Crippen LogP contribution is -2.33. The van der Waals surface area contributed by atoms with Crippen molar-refractivity contribution in [2.45, 2.75) is 6.42 Å². The number of para-hydroxylation sites is 1. The number of rotatable bonds is 1. The van der Waals surface area contributed by atoms with Gasteiger partial charge in [-0.25, -0.2) is 4.39 Å². The predicted octanol–water partition coefficient (Wildman–Crippen LogP) is 2.88. The number of carbonyl (C=O) groups is 1. The van der Waals surface area contributed by atoms with Crippen molar-refractivity contribution in [3.05, 3.63) is 75.8 Å². The number of carbonyl (C=O) groups excluding carboxylic acids is 1. The molecule has 0 atom stereocenters. The number of benzene rings is 2. The minimum atomic E-state index is -0.490. The molecule has 0 N–H and O–H groups in total. The van der Waals surface area contributed by atoms with Crippen molar-refractivity contribution in [1.82, 2.24) is 4.57 Å². The molecule has 0 radical (unpaired) electrons. The van der Waals surface area contributed by atoms with Crippen molar-refractivity contribution in [3.8, 4) is 0 Å². The second-order valence-electron chi connectivity index (χ2n) is 5.98. The molecular weight excluding hydrogens is 307 g/mol. The Kier molecular flexibility index (Phi) is 3.23. The third kappa shape index (κ3) is 2.12. The summed E-state index contributed by atoms with van der Waals surface area (Å²) in [5.74, 6) is -0.831. The fourth-order valence-corrected chi connectivity index (χ4v) is 3.31. The van der Waals surface area contributed by atoms with E-state index in [1.54, 1.807) is 22.6 Å². The number of amides is 1. The van der Waals surface area contributed by atoms with Crippen LogP contribution in [0.15, 0.2) is 53.5 Å². The highest BCUT2D eigenvalue weighted by Gasteiger charge is 2.27. The lowest BCUT2D eigenvalue weighted by Gasteiger charge is -2.18. The summed E-state index contributed by atoms with van der Waals surface area (Å²) in [5.41, 5.74) is 2.16. The molecule has 3 aromatic rings. The standard InChI is InChI=1S/C19H15FN2O2/c1-21-11-15(18(23)14-10-13(20)6-7-17(14)21)19(24)22-9-8-12-4-2-3-5-16(12)22/h2-7,10-11H,8-9H2,1H3. The van der Waals surface area contributed by atoms with Gasteiger partial charge in [-0.15, -0.1) is 0 Å². The number of anilines is 1. The first kappa shape index (κ1) is 14.6. The first-order valence-electron chi connectivity index (χ1n) is 7.75. The minimum absolute atomic E-state index is 0.0623. The molecule has 1 aliphatic rings. The summed E-state index contributed by atoms with van der Waals surface area (Å²) < 4.78 is 15.2. The van der Waals surface area contributed by atoms with E-state index in [2.05, 4.69) is 0 Å². The van der Waals surface area contributed by atoms with Crippen LogP contribution in [-0.2, 0) is 13.5 Å². The van der Waals surface area contributed by atoms with Gasteiger partial charge in [0.15, 0.2) is 0 Å². The van der Waals surface area contributed by atoms with E-state index < -0.39 is 11.2 Å². The first-order chi connectivity index (χ1) is 11.6. The molecule has 5 heteroatoms. The van der Waals surface area contributed by atoms with Gasteiger partial charge >= 0.3 is 0 Å². The van der Waals surface area contributed by atoms with Crippen LogP contribution in [0.4, 0.5) is 10.1 Å². The Bertz CT molecular complexity index is 1040. The molecule has 4 nitrogen and oxygen atoms in total. The van der Waals surface area contributed by atoms with Gasteiger partial charge in [0.05, 0.1) is 5.52 Å². The fraction of sp³-hybridized carbons (Fsp3) is 0.158. The second-order valence-corrected chi connectivity index (χ2v) is 5.98. The third-order valence-electron chi connectivity index (χ3n) is 4.51. The van der Waals surface area contributed by atoms with E-state index in [0.29, 0.717) is 12.1 Å². The van der Waals surface area contributed by atoms with E-state index in [1.165, 1.54) is 18.3 Å². The number of hydrogen-bond acceptors (Lipinski definition) is 2. The molecule has 120 valence electrons. The molecule has 1 amide bonds. The summed E-state index contributed by atoms with van der Waals surface area (Å²) in [7, 11) is 1.74. The molecule has 0 saturated heterocycles. The molecule has 0 bridgehead atoms. The maximum absolute atomic E-state index is 13.5. The molecule has 1 aromatic heterocycles. The number of aryl methyl sites for hydroxylation is 1. The Hall–Kier alpha value is -2.95. The monoisotopic (exact) mass is 322 g/mol. The molecule has 24 heavy (non-hydrogen) atoms. The van der Waals surface area contributed by atoms with E-state index >= 15 is 0 Å². The van der Waals surface area contributed by atoms with Crippen LogP contribution in [0.25, 0.3) is 10.9 Å². The number of fused-ring (bicyclic) bond motifs is 2. The molecule has 0 spiro atoms. The molecule has 2 heterocycles. The van der Waals surface area contributed by atoms with Gasteiger partial charge in [-0.2, -0.15) is 0 Å². The Labute approximate surface area is 137 Å². The van der Waals surface area contributed by atoms with Gasteiger partial charge in [0.25, 0.3) is 5.91 Å². The molecule has 1 aliphatic heterocycles. The van der Waals surface area contributed by atoms with Gasteiger partial charge in [0, 0.05) is 30.9 Å². The topological polar surface area (TPSA) is 42.3 Å². The van der Waals surface area contributed by atoms with Gasteiger partial charge in [-0.1, -0.05) is 18.2 Å². The Balaban J connectivity index is 1.87. The van der Waals surface area contributed by atoms with E-state index in [9.17, 15) is 14.0 Å². The van der Waals surface area contributed by atoms with E-state index in [-0.39, 0.29) is 16.9 Å². The highest BCUT2D eigenvalue weighted by molar-refractivity contribution is 6.08. The zero-order valence-corrected chi connectivity index (χ0v) is 13.1. The van der Waals surface area contributed by atoms with Gasteiger partial charge in [0.1, 0.15) is 11.4 Å². The summed E-state index contributed by atoms with van der Waals surface area (Å²) in [4.78, 5) is 27.3. The third-order valence-corrected chi connectivity index (χ3v) is 4.51. The highest BCUT2D eigenvalue weighted by Crippen LogP contribution is 2.28. The van der Waals surface area contributed by atoms with Crippen LogP contribution in [0.3, 0.4) is 0 Å². The zero-order chi connectivity index (χ0) is 16.8. The van der Waals surface area contributed by atoms with Gasteiger partial charge < -0.3 is 9.47 Å². The van der Waals surface area contributed by atoms with E-state index in [0.717, 1.165) is 17.7 Å². The van der Waals surface area contributed by atoms with Crippen LogP contribution in [0, 0.1) is 5.82 Å². The summed E-state index contributed by atoms with van der Waals surface area (Å²) >= 11 is 0. The van der Waals surface area contributed by atoms with Crippen LogP contribution in [0.1, 0.15) is 15.9 Å². The van der Waals surface area contributed by atoms with Crippen molar-refractivity contribution in [1.29, 1.82) is 0 Å². The highest BCUT2D eigenvalue weighted by atomic mass is 19.1. The van der Waals surface area contributed by atoms with E-state index in [4.69, 9.17) is 0 Å². The number of hydrogen-bond donors (Lipinski definition) is 0. The smallest absolute Gasteiger partial charge is 0.263 e. The second kappa shape index (κ2) is 5.30. The molecule has 0 fully saturated rings. The molecule has 0 unspecified atom stereocenters. The normalized spacial score (nSPS) is 13.3. The fourth-order valence-electron chi connectivity index (χ4n) is 3.31. The first-order valence-corrected chi connectivity index (χ1v) is 7.75. The van der Waals surface area contributed by atoms with Crippen LogP contribution in [0.2, 0.25) is 0 Å². The Morgan fingerprint density at radius 3 is 2.79 bits per heavy atom. The van der Waals surface area contributed by atoms with Crippen molar-refractivity contribution < 1.29 is 9.18 Å². The molecule has 4 rings (SSSR count). The van der Waals surface area contributed by atoms with Gasteiger partial charge in [-0.05, 0) is 36.2 Å². The van der Waals surface area contributed by atoms with Crippen LogP contribution >= 0.6 is 0 Å². The van der Waals surface area contributed by atoms with Crippen LogP contribution < -0.4 is 10.3 Å². The average Bonchev–Trinajstić information content (AvgIpc) is 3.01. The quantitative estimate of drug-likeness (QED) is 0.691. The van der Waals surface area contributed by atoms with Crippen LogP contribution in [0.5, 0.6) is 0 Å². The number of aromatic nitrogens is 1. The minimum Gasteiger partial charge on any atom is -0.350 e. The molecule has 0 aliphatic carbocycles. The number of nitrogens with zero attached hydrogens (tertiary/aromatic N) is 2. The summed E-state index contributed by atoms with van der Waals surface area (Å²) in [6.45, 7) is 0.544. The largest absolute Gasteiger partial charge is 0.350 e. The van der Waals surface area contributed by atoms with Crippen LogP contribution in [-0.4, -0.2) is 17.0 Å². The number of halogens is 1. The number of pyridine rings is 1. The predicted molar refractivity (Wildman–Crippen MR) is 91.0 cm³/mol. The summed E-state index contributed by atoms with van der Waals surface area (Å²) in [5, 5.41) is 0.218. The molecular formula is C19H15FN2O2. The summed E-state index contributed by atoms with van der Waals surface area (Å²) in [6, 6.07) is 11.7. The molecule has 2 aromatic carbocycles. The average molecular weight is 322 g/mol. The molecule has 0 saturated carbocycles. The van der Waals surface area contributed by atoms with Crippen molar-refractivity contribution in [2.24, 2.45) is 7.05 Å². The van der Waals surface area contributed by atoms with Crippen molar-refractivity contribution >= 4 is 22.5 Å².